The number of hydrogen-bond donors (Lipinski definition) is 2. The van der Waals surface area contributed by atoms with E-state index in [0.29, 0.717) is 6.61 Å². The second kappa shape index (κ2) is 6.70. The molecule has 5 rings (SSSR count). The predicted octanol–water partition coefficient (Wildman–Crippen LogP) is 0.332. The maximum atomic E-state index is 12.8. The van der Waals surface area contributed by atoms with Crippen LogP contribution in [0.4, 0.5) is 0 Å². The van der Waals surface area contributed by atoms with Gasteiger partial charge >= 0.3 is 0 Å². The normalized spacial score (nSPS) is 20.3. The van der Waals surface area contributed by atoms with Crippen LogP contribution < -0.4 is 10.7 Å². The van der Waals surface area contributed by atoms with Gasteiger partial charge in [-0.3, -0.25) is 14.4 Å². The van der Waals surface area contributed by atoms with E-state index in [0.717, 1.165) is 11.3 Å². The van der Waals surface area contributed by atoms with Crippen molar-refractivity contribution in [1.29, 1.82) is 0 Å². The Balaban J connectivity index is 1.44. The molecule has 0 aromatic carbocycles. The molecule has 0 saturated carbocycles. The lowest BCUT2D eigenvalue weighted by atomic mass is 10.1. The third-order valence-corrected chi connectivity index (χ3v) is 5.53. The maximum absolute atomic E-state index is 12.8. The van der Waals surface area contributed by atoms with Gasteiger partial charge in [-0.2, -0.15) is 0 Å². The molecule has 0 aliphatic carbocycles. The van der Waals surface area contributed by atoms with Crippen molar-refractivity contribution in [3.05, 3.63) is 64.0 Å². The van der Waals surface area contributed by atoms with Crippen LogP contribution in [0.3, 0.4) is 0 Å². The summed E-state index contributed by atoms with van der Waals surface area (Å²) in [6, 6.07) is 5.39. The average Bonchev–Trinajstić information content (AvgIpc) is 3.32. The number of nitrogens with one attached hydrogen (secondary N) is 1. The Bertz CT molecular complexity index is 1250. The van der Waals surface area contributed by atoms with Crippen molar-refractivity contribution in [3.63, 3.8) is 0 Å². The van der Waals surface area contributed by atoms with Gasteiger partial charge in [0.1, 0.15) is 11.2 Å². The molecule has 0 radical (unpaired) electrons. The Kier molecular flexibility index (Phi) is 4.10. The van der Waals surface area contributed by atoms with E-state index in [4.69, 9.17) is 4.74 Å². The van der Waals surface area contributed by atoms with E-state index in [9.17, 15) is 19.5 Å². The summed E-state index contributed by atoms with van der Waals surface area (Å²) in [6.45, 7) is 2.59. The molecule has 2 aliphatic heterocycles. The van der Waals surface area contributed by atoms with Crippen molar-refractivity contribution in [2.24, 2.45) is 0 Å². The Morgan fingerprint density at radius 1 is 1.37 bits per heavy atom. The zero-order valence-electron chi connectivity index (χ0n) is 16.1. The number of carbonyl (C=O) groups excluding carboxylic acids is 2. The van der Waals surface area contributed by atoms with Crippen molar-refractivity contribution in [2.45, 2.75) is 32.3 Å². The molecule has 0 spiro atoms. The van der Waals surface area contributed by atoms with Gasteiger partial charge in [0.15, 0.2) is 17.7 Å². The summed E-state index contributed by atoms with van der Waals surface area (Å²) in [5.74, 6) is -1.85. The van der Waals surface area contributed by atoms with Gasteiger partial charge in [0.2, 0.25) is 5.43 Å². The van der Waals surface area contributed by atoms with Crippen molar-refractivity contribution >= 4 is 17.5 Å². The third kappa shape index (κ3) is 2.68. The monoisotopic (exact) mass is 409 g/mol. The van der Waals surface area contributed by atoms with Crippen molar-refractivity contribution in [2.75, 3.05) is 6.61 Å². The predicted molar refractivity (Wildman–Crippen MR) is 104 cm³/mol. The summed E-state index contributed by atoms with van der Waals surface area (Å²) in [4.78, 5) is 43.9. The fraction of sp³-hybridized carbons (Fsp3) is 0.300. The van der Waals surface area contributed by atoms with Crippen LogP contribution in [-0.4, -0.2) is 54.6 Å². The van der Waals surface area contributed by atoms with Crippen LogP contribution in [0.25, 0.3) is 5.65 Å². The van der Waals surface area contributed by atoms with Gasteiger partial charge in [0.25, 0.3) is 11.8 Å². The number of aromatic nitrogens is 3. The lowest BCUT2D eigenvalue weighted by molar-refractivity contribution is 0.00624. The van der Waals surface area contributed by atoms with E-state index in [2.05, 4.69) is 10.3 Å². The van der Waals surface area contributed by atoms with Gasteiger partial charge in [-0.1, -0.05) is 6.07 Å². The Labute approximate surface area is 170 Å². The highest BCUT2D eigenvalue weighted by Gasteiger charge is 2.42. The zero-order chi connectivity index (χ0) is 21.0. The van der Waals surface area contributed by atoms with Gasteiger partial charge in [0, 0.05) is 12.4 Å². The number of nitrogens with zero attached hydrogens (tertiary/aromatic N) is 4. The second-order valence-electron chi connectivity index (χ2n) is 7.43. The van der Waals surface area contributed by atoms with E-state index in [1.807, 2.05) is 35.7 Å². The number of amides is 2. The first kappa shape index (κ1) is 18.4. The highest BCUT2D eigenvalue weighted by atomic mass is 16.5. The minimum absolute atomic E-state index is 0.119. The molecule has 30 heavy (non-hydrogen) atoms. The van der Waals surface area contributed by atoms with Crippen LogP contribution in [-0.2, 0) is 17.8 Å². The van der Waals surface area contributed by atoms with E-state index in [1.54, 1.807) is 6.20 Å². The Morgan fingerprint density at radius 3 is 3.03 bits per heavy atom. The first-order valence-electron chi connectivity index (χ1n) is 9.55. The Hall–Kier alpha value is -3.66. The summed E-state index contributed by atoms with van der Waals surface area (Å²) in [7, 11) is 0. The number of rotatable bonds is 3. The summed E-state index contributed by atoms with van der Waals surface area (Å²) in [5, 5.41) is 13.1. The molecule has 10 nitrogen and oxygen atoms in total. The molecule has 0 bridgehead atoms. The number of fused-ring (bicyclic) bond motifs is 3. The molecule has 1 fully saturated rings. The van der Waals surface area contributed by atoms with Crippen molar-refractivity contribution in [3.8, 4) is 5.75 Å². The second-order valence-corrected chi connectivity index (χ2v) is 7.43. The molecule has 3 aromatic rings. The lowest BCUT2D eigenvalue weighted by Gasteiger charge is -2.33. The fourth-order valence-electron chi connectivity index (χ4n) is 4.02. The fourth-order valence-corrected chi connectivity index (χ4v) is 4.02. The van der Waals surface area contributed by atoms with Crippen molar-refractivity contribution in [1.82, 2.24) is 24.2 Å². The smallest absolute Gasteiger partial charge is 0.276 e. The highest BCUT2D eigenvalue weighted by Crippen LogP contribution is 2.29. The maximum Gasteiger partial charge on any atom is 0.276 e. The number of ether oxygens (including phenoxy) is 1. The van der Waals surface area contributed by atoms with Crippen LogP contribution in [0.1, 0.15) is 33.5 Å². The lowest BCUT2D eigenvalue weighted by Crippen LogP contribution is -2.49. The van der Waals surface area contributed by atoms with Crippen LogP contribution in [0, 0.1) is 0 Å². The number of imidazole rings is 1. The van der Waals surface area contributed by atoms with Gasteiger partial charge in [-0.25, -0.2) is 4.98 Å². The van der Waals surface area contributed by atoms with Crippen molar-refractivity contribution < 1.29 is 19.4 Å². The molecule has 5 heterocycles. The molecular weight excluding hydrogens is 390 g/mol. The molecule has 10 heteroatoms. The molecule has 3 aromatic heterocycles. The number of aromatic hydroxyl groups is 1. The molecule has 154 valence electrons. The minimum Gasteiger partial charge on any atom is -0.503 e. The van der Waals surface area contributed by atoms with Gasteiger partial charge in [-0.05, 0) is 19.1 Å². The average molecular weight is 409 g/mol. The van der Waals surface area contributed by atoms with Crippen LogP contribution in [0.5, 0.6) is 5.75 Å². The third-order valence-electron chi connectivity index (χ3n) is 5.53. The molecule has 2 atom stereocenters. The Morgan fingerprint density at radius 2 is 2.20 bits per heavy atom. The molecular formula is C20H19N5O5. The van der Waals surface area contributed by atoms with Gasteiger partial charge in [0.05, 0.1) is 37.6 Å². The first-order chi connectivity index (χ1) is 14.5. The molecule has 2 aliphatic rings. The van der Waals surface area contributed by atoms with Crippen LogP contribution in [0.15, 0.2) is 41.6 Å². The molecule has 2 N–H and O–H groups in total. The largest absolute Gasteiger partial charge is 0.503 e. The standard InChI is InChI=1S/C20H19N5O5/c1-11-10-30-15-9-23-8-13(17(26)18(27)16(23)20(29)25(11)15)19(28)22-7-12-6-21-14-4-2-3-5-24(12)14/h2-6,8,11,15,27H,7,9-10H2,1H3,(H,22,28)/t11-,15+/m0/s1. The number of pyridine rings is 2. The highest BCUT2D eigenvalue weighted by molar-refractivity contribution is 5.99. The van der Waals surface area contributed by atoms with Gasteiger partial charge < -0.3 is 29.0 Å². The topological polar surface area (TPSA) is 118 Å². The quantitative estimate of drug-likeness (QED) is 0.644. The van der Waals surface area contributed by atoms with E-state index < -0.39 is 29.2 Å². The number of carbonyl (C=O) groups is 2. The summed E-state index contributed by atoms with van der Waals surface area (Å²) < 4.78 is 8.86. The summed E-state index contributed by atoms with van der Waals surface area (Å²) >= 11 is 0. The summed E-state index contributed by atoms with van der Waals surface area (Å²) in [6.07, 6.45) is 4.28. The number of hydrogen-bond acceptors (Lipinski definition) is 6. The summed E-state index contributed by atoms with van der Waals surface area (Å²) in [5.41, 5.74) is 0.239. The minimum atomic E-state index is -0.878. The molecule has 2 amide bonds. The SMILES string of the molecule is C[C@H]1CO[C@@H]2Cn3cc(C(=O)NCc4cnc5ccccn45)c(=O)c(O)c3C(=O)N12. The van der Waals surface area contributed by atoms with Gasteiger partial charge in [-0.15, -0.1) is 0 Å². The zero-order valence-corrected chi connectivity index (χ0v) is 16.1. The molecule has 0 unspecified atom stereocenters. The molecule has 1 saturated heterocycles. The van der Waals surface area contributed by atoms with Crippen LogP contribution >= 0.6 is 0 Å². The van der Waals surface area contributed by atoms with E-state index >= 15 is 0 Å². The van der Waals surface area contributed by atoms with E-state index in [-0.39, 0.29) is 30.4 Å². The van der Waals surface area contributed by atoms with Crippen LogP contribution in [0.2, 0.25) is 0 Å². The first-order valence-corrected chi connectivity index (χ1v) is 9.55. The van der Waals surface area contributed by atoms with E-state index in [1.165, 1.54) is 15.7 Å².